The van der Waals surface area contributed by atoms with Crippen molar-refractivity contribution < 1.29 is 24.5 Å². The molecule has 1 aromatic heterocycles. The van der Waals surface area contributed by atoms with Crippen LogP contribution in [-0.2, 0) is 31.0 Å². The summed E-state index contributed by atoms with van der Waals surface area (Å²) in [4.78, 5) is 19.0. The van der Waals surface area contributed by atoms with Gasteiger partial charge in [0.15, 0.2) is 11.5 Å². The molecular formula is C35H32ClN3O5. The number of carboxylic acid groups (broad SMARTS) is 1. The Hall–Kier alpha value is -4.79. The van der Waals surface area contributed by atoms with Crippen molar-refractivity contribution >= 4 is 17.6 Å². The molecule has 8 nitrogen and oxygen atoms in total. The van der Waals surface area contributed by atoms with Gasteiger partial charge in [0.25, 0.3) is 0 Å². The third-order valence-electron chi connectivity index (χ3n) is 7.56. The van der Waals surface area contributed by atoms with Crippen molar-refractivity contribution in [2.45, 2.75) is 39.0 Å². The smallest absolute Gasteiger partial charge is 0.303 e. The molecule has 0 atom stereocenters. The number of halogens is 1. The molecule has 4 aromatic carbocycles. The maximum atomic E-state index is 11.5. The van der Waals surface area contributed by atoms with Gasteiger partial charge >= 0.3 is 5.97 Å². The summed E-state index contributed by atoms with van der Waals surface area (Å²) in [7, 11) is 0. The van der Waals surface area contributed by atoms with Gasteiger partial charge in [0, 0.05) is 43.7 Å². The van der Waals surface area contributed by atoms with Crippen molar-refractivity contribution in [1.82, 2.24) is 14.5 Å². The summed E-state index contributed by atoms with van der Waals surface area (Å²) in [5, 5.41) is 19.8. The summed E-state index contributed by atoms with van der Waals surface area (Å²) in [6, 6.07) is 31.2. The number of aromatic nitrogens is 2. The molecule has 0 aliphatic carbocycles. The third kappa shape index (κ3) is 6.72. The zero-order valence-electron chi connectivity index (χ0n) is 24.0. The Labute approximate surface area is 260 Å². The van der Waals surface area contributed by atoms with Gasteiger partial charge in [0.1, 0.15) is 11.6 Å². The van der Waals surface area contributed by atoms with Crippen LogP contribution in [-0.4, -0.2) is 37.4 Å². The SMILES string of the molecule is O=C(O)CCCn1c(-c2ccccc2)nc(-c2ccccc2)c1CN(Cc1ccc(O)c(Cl)c1)Cc1ccc2c(c1)OCO2. The number of carbonyl (C=O) groups is 1. The molecule has 2 heterocycles. The van der Waals surface area contributed by atoms with Crippen LogP contribution < -0.4 is 9.47 Å². The molecule has 1 aliphatic heterocycles. The van der Waals surface area contributed by atoms with Gasteiger partial charge in [0.05, 0.1) is 16.4 Å². The molecule has 0 spiro atoms. The molecule has 0 amide bonds. The first kappa shape index (κ1) is 29.3. The Kier molecular flexibility index (Phi) is 8.81. The molecule has 0 saturated heterocycles. The van der Waals surface area contributed by atoms with Crippen LogP contribution in [0.25, 0.3) is 22.6 Å². The lowest BCUT2D eigenvalue weighted by molar-refractivity contribution is -0.137. The second kappa shape index (κ2) is 13.2. The van der Waals surface area contributed by atoms with Crippen LogP contribution in [0.3, 0.4) is 0 Å². The van der Waals surface area contributed by atoms with Crippen molar-refractivity contribution in [3.8, 4) is 39.9 Å². The van der Waals surface area contributed by atoms with Gasteiger partial charge in [-0.25, -0.2) is 4.98 Å². The number of nitrogens with zero attached hydrogens (tertiary/aromatic N) is 3. The largest absolute Gasteiger partial charge is 0.506 e. The number of ether oxygens (including phenoxy) is 2. The molecule has 6 rings (SSSR count). The minimum Gasteiger partial charge on any atom is -0.506 e. The van der Waals surface area contributed by atoms with Crippen molar-refractivity contribution in [3.63, 3.8) is 0 Å². The lowest BCUT2D eigenvalue weighted by atomic mass is 10.1. The molecule has 0 unspecified atom stereocenters. The summed E-state index contributed by atoms with van der Waals surface area (Å²) in [6.45, 7) is 2.30. The van der Waals surface area contributed by atoms with Crippen LogP contribution in [0.4, 0.5) is 0 Å². The maximum Gasteiger partial charge on any atom is 0.303 e. The van der Waals surface area contributed by atoms with E-state index in [1.54, 1.807) is 12.1 Å². The quantitative estimate of drug-likeness (QED) is 0.152. The number of imidazole rings is 1. The Morgan fingerprint density at radius 1 is 0.841 bits per heavy atom. The van der Waals surface area contributed by atoms with Crippen molar-refractivity contribution in [1.29, 1.82) is 0 Å². The summed E-state index contributed by atoms with van der Waals surface area (Å²) in [5.74, 6) is 1.43. The standard InChI is InChI=1S/C35H32ClN3O5/c36-28-18-24(13-15-30(28)40)20-38(21-25-14-16-31-32(19-25)44-23-43-31)22-29-34(26-8-3-1-4-9-26)37-35(27-10-5-2-6-11-27)39(29)17-7-12-33(41)42/h1-6,8-11,13-16,18-19,40H,7,12,17,20-23H2,(H,41,42). The molecule has 44 heavy (non-hydrogen) atoms. The first-order chi connectivity index (χ1) is 21.4. The van der Waals surface area contributed by atoms with E-state index in [-0.39, 0.29) is 19.0 Å². The van der Waals surface area contributed by atoms with E-state index in [1.807, 2.05) is 84.9 Å². The van der Waals surface area contributed by atoms with Crippen molar-refractivity contribution in [3.05, 3.63) is 119 Å². The van der Waals surface area contributed by atoms with Crippen molar-refractivity contribution in [2.75, 3.05) is 6.79 Å². The molecule has 0 bridgehead atoms. The molecule has 0 saturated carbocycles. The van der Waals surface area contributed by atoms with Gasteiger partial charge in [-0.3, -0.25) is 9.69 Å². The summed E-state index contributed by atoms with van der Waals surface area (Å²) < 4.78 is 13.3. The fourth-order valence-corrected chi connectivity index (χ4v) is 5.70. The lowest BCUT2D eigenvalue weighted by Gasteiger charge is -2.25. The summed E-state index contributed by atoms with van der Waals surface area (Å²) in [6.07, 6.45) is 0.516. The van der Waals surface area contributed by atoms with E-state index in [0.717, 1.165) is 45.2 Å². The minimum atomic E-state index is -0.829. The number of hydrogen-bond acceptors (Lipinski definition) is 6. The Bertz CT molecular complexity index is 1760. The highest BCUT2D eigenvalue weighted by Crippen LogP contribution is 2.35. The topological polar surface area (TPSA) is 97.1 Å². The highest BCUT2D eigenvalue weighted by molar-refractivity contribution is 6.32. The summed E-state index contributed by atoms with van der Waals surface area (Å²) in [5.41, 5.74) is 5.74. The summed E-state index contributed by atoms with van der Waals surface area (Å²) >= 11 is 6.31. The molecule has 0 fully saturated rings. The zero-order chi connectivity index (χ0) is 30.5. The van der Waals surface area contributed by atoms with Crippen molar-refractivity contribution in [2.24, 2.45) is 0 Å². The van der Waals surface area contributed by atoms with E-state index >= 15 is 0 Å². The highest BCUT2D eigenvalue weighted by Gasteiger charge is 2.23. The Balaban J connectivity index is 1.44. The predicted molar refractivity (Wildman–Crippen MR) is 169 cm³/mol. The van der Waals surface area contributed by atoms with Crippen LogP contribution >= 0.6 is 11.6 Å². The van der Waals surface area contributed by atoms with Gasteiger partial charge in [0.2, 0.25) is 6.79 Å². The molecule has 5 aromatic rings. The van der Waals surface area contributed by atoms with Crippen LogP contribution in [0, 0.1) is 0 Å². The predicted octanol–water partition coefficient (Wildman–Crippen LogP) is 7.37. The van der Waals surface area contributed by atoms with Crippen LogP contribution in [0.5, 0.6) is 17.2 Å². The van der Waals surface area contributed by atoms with E-state index < -0.39 is 5.97 Å². The number of benzene rings is 4. The molecule has 1 aliphatic rings. The van der Waals surface area contributed by atoms with Gasteiger partial charge in [-0.15, -0.1) is 0 Å². The average Bonchev–Trinajstić information content (AvgIpc) is 3.64. The van der Waals surface area contributed by atoms with Gasteiger partial charge in [-0.1, -0.05) is 84.4 Å². The Morgan fingerprint density at radius 3 is 2.20 bits per heavy atom. The third-order valence-corrected chi connectivity index (χ3v) is 7.86. The Morgan fingerprint density at radius 2 is 1.50 bits per heavy atom. The number of hydrogen-bond donors (Lipinski definition) is 2. The van der Waals surface area contributed by atoms with Crippen LogP contribution in [0.15, 0.2) is 97.1 Å². The second-order valence-corrected chi connectivity index (χ2v) is 11.1. The fourth-order valence-electron chi connectivity index (χ4n) is 5.49. The second-order valence-electron chi connectivity index (χ2n) is 10.7. The fraction of sp³-hybridized carbons (Fsp3) is 0.200. The number of rotatable bonds is 12. The number of aliphatic carboxylic acids is 1. The van der Waals surface area contributed by atoms with E-state index in [2.05, 4.69) is 9.47 Å². The number of aromatic hydroxyl groups is 1. The van der Waals surface area contributed by atoms with Crippen LogP contribution in [0.1, 0.15) is 29.7 Å². The molecule has 2 N–H and O–H groups in total. The molecule has 0 radical (unpaired) electrons. The first-order valence-electron chi connectivity index (χ1n) is 14.4. The number of fused-ring (bicyclic) bond motifs is 1. The highest BCUT2D eigenvalue weighted by atomic mass is 35.5. The average molecular weight is 610 g/mol. The monoisotopic (exact) mass is 609 g/mol. The van der Waals surface area contributed by atoms with Crippen LogP contribution in [0.2, 0.25) is 5.02 Å². The van der Waals surface area contributed by atoms with E-state index in [9.17, 15) is 15.0 Å². The molecule has 224 valence electrons. The molecular weight excluding hydrogens is 578 g/mol. The van der Waals surface area contributed by atoms with E-state index in [0.29, 0.717) is 43.4 Å². The van der Waals surface area contributed by atoms with E-state index in [4.69, 9.17) is 26.1 Å². The number of carboxylic acids is 1. The number of phenolic OH excluding ortho intramolecular Hbond substituents is 1. The first-order valence-corrected chi connectivity index (χ1v) is 14.8. The van der Waals surface area contributed by atoms with Gasteiger partial charge < -0.3 is 24.3 Å². The van der Waals surface area contributed by atoms with Gasteiger partial charge in [-0.2, -0.15) is 0 Å². The lowest BCUT2D eigenvalue weighted by Crippen LogP contribution is -2.24. The maximum absolute atomic E-state index is 11.5. The van der Waals surface area contributed by atoms with Gasteiger partial charge in [-0.05, 0) is 41.8 Å². The number of phenols is 1. The zero-order valence-corrected chi connectivity index (χ0v) is 24.8. The molecule has 9 heteroatoms. The van der Waals surface area contributed by atoms with E-state index in [1.165, 1.54) is 0 Å². The minimum absolute atomic E-state index is 0.0353. The normalized spacial score (nSPS) is 12.1.